The van der Waals surface area contributed by atoms with E-state index in [1.54, 1.807) is 11.8 Å². The summed E-state index contributed by atoms with van der Waals surface area (Å²) < 4.78 is 6.29. The highest BCUT2D eigenvalue weighted by molar-refractivity contribution is 7.99. The molecule has 0 unspecified atom stereocenters. The highest BCUT2D eigenvalue weighted by Crippen LogP contribution is 2.22. The SMILES string of the molecule is CCCC[C@@H]1CN(Cc2cnc(SCC)nc2)C[C@H](C(C)C)O1. The van der Waals surface area contributed by atoms with Gasteiger partial charge in [0.2, 0.25) is 0 Å². The lowest BCUT2D eigenvalue weighted by Gasteiger charge is -2.40. The number of thioether (sulfide) groups is 1. The number of hydrogen-bond donors (Lipinski definition) is 0. The summed E-state index contributed by atoms with van der Waals surface area (Å²) in [5.74, 6) is 1.57. The number of ether oxygens (including phenoxy) is 1. The van der Waals surface area contributed by atoms with Crippen molar-refractivity contribution in [1.29, 1.82) is 0 Å². The highest BCUT2D eigenvalue weighted by atomic mass is 32.2. The van der Waals surface area contributed by atoms with Gasteiger partial charge < -0.3 is 4.74 Å². The molecule has 1 aliphatic rings. The number of unbranched alkanes of at least 4 members (excludes halogenated alkanes) is 1. The van der Waals surface area contributed by atoms with Crippen LogP contribution in [0.5, 0.6) is 0 Å². The van der Waals surface area contributed by atoms with Crippen LogP contribution in [0.1, 0.15) is 52.5 Å². The van der Waals surface area contributed by atoms with Gasteiger partial charge in [0.05, 0.1) is 12.2 Å². The van der Waals surface area contributed by atoms with Gasteiger partial charge in [-0.3, -0.25) is 4.90 Å². The lowest BCUT2D eigenvalue weighted by molar-refractivity contribution is -0.108. The van der Waals surface area contributed by atoms with Gasteiger partial charge in [0, 0.05) is 37.6 Å². The van der Waals surface area contributed by atoms with E-state index >= 15 is 0 Å². The van der Waals surface area contributed by atoms with Crippen LogP contribution in [0.4, 0.5) is 0 Å². The van der Waals surface area contributed by atoms with Gasteiger partial charge in [-0.25, -0.2) is 9.97 Å². The predicted octanol–water partition coefficient (Wildman–Crippen LogP) is 4.00. The van der Waals surface area contributed by atoms with Crippen LogP contribution in [-0.2, 0) is 11.3 Å². The lowest BCUT2D eigenvalue weighted by Crippen LogP contribution is -2.49. The summed E-state index contributed by atoms with van der Waals surface area (Å²) in [6.45, 7) is 11.8. The summed E-state index contributed by atoms with van der Waals surface area (Å²) in [6.07, 6.45) is 8.30. The van der Waals surface area contributed by atoms with Crippen molar-refractivity contribution in [3.05, 3.63) is 18.0 Å². The second-order valence-electron chi connectivity index (χ2n) is 6.68. The van der Waals surface area contributed by atoms with Gasteiger partial charge in [0.15, 0.2) is 5.16 Å². The zero-order valence-corrected chi connectivity index (χ0v) is 15.8. The van der Waals surface area contributed by atoms with E-state index in [2.05, 4.69) is 42.6 Å². The monoisotopic (exact) mass is 337 g/mol. The number of rotatable bonds is 8. The van der Waals surface area contributed by atoms with E-state index in [0.717, 1.165) is 30.5 Å². The highest BCUT2D eigenvalue weighted by Gasteiger charge is 2.29. The summed E-state index contributed by atoms with van der Waals surface area (Å²) in [6, 6.07) is 0. The Labute approximate surface area is 145 Å². The van der Waals surface area contributed by atoms with Gasteiger partial charge in [0.25, 0.3) is 0 Å². The van der Waals surface area contributed by atoms with Crippen molar-refractivity contribution in [2.24, 2.45) is 5.92 Å². The summed E-state index contributed by atoms with van der Waals surface area (Å²) in [4.78, 5) is 11.4. The minimum Gasteiger partial charge on any atom is -0.372 e. The minimum absolute atomic E-state index is 0.335. The van der Waals surface area contributed by atoms with Crippen molar-refractivity contribution in [3.8, 4) is 0 Å². The van der Waals surface area contributed by atoms with Gasteiger partial charge in [-0.05, 0) is 18.1 Å². The van der Waals surface area contributed by atoms with Crippen LogP contribution < -0.4 is 0 Å². The largest absolute Gasteiger partial charge is 0.372 e. The molecule has 0 amide bonds. The molecule has 130 valence electrons. The third kappa shape index (κ3) is 6.05. The summed E-state index contributed by atoms with van der Waals surface area (Å²) in [5, 5.41) is 0.874. The van der Waals surface area contributed by atoms with E-state index in [1.807, 2.05) is 12.4 Å². The van der Waals surface area contributed by atoms with Crippen molar-refractivity contribution in [3.63, 3.8) is 0 Å². The van der Waals surface area contributed by atoms with Gasteiger partial charge in [0.1, 0.15) is 0 Å². The molecule has 1 fully saturated rings. The molecule has 5 heteroatoms. The van der Waals surface area contributed by atoms with Gasteiger partial charge in [-0.1, -0.05) is 52.3 Å². The Kier molecular flexibility index (Phi) is 7.80. The van der Waals surface area contributed by atoms with Crippen LogP contribution in [0.3, 0.4) is 0 Å². The molecule has 0 N–H and O–H groups in total. The van der Waals surface area contributed by atoms with Gasteiger partial charge >= 0.3 is 0 Å². The van der Waals surface area contributed by atoms with Crippen LogP contribution >= 0.6 is 11.8 Å². The maximum Gasteiger partial charge on any atom is 0.187 e. The van der Waals surface area contributed by atoms with E-state index in [-0.39, 0.29) is 0 Å². The molecule has 0 radical (unpaired) electrons. The third-order valence-electron chi connectivity index (χ3n) is 4.25. The predicted molar refractivity (Wildman–Crippen MR) is 96.7 cm³/mol. The summed E-state index contributed by atoms with van der Waals surface area (Å²) >= 11 is 1.69. The van der Waals surface area contributed by atoms with E-state index in [1.165, 1.54) is 24.8 Å². The fourth-order valence-electron chi connectivity index (χ4n) is 2.92. The molecular formula is C18H31N3OS. The Hall–Kier alpha value is -0.650. The van der Waals surface area contributed by atoms with Crippen molar-refractivity contribution >= 4 is 11.8 Å². The molecule has 1 aromatic rings. The maximum absolute atomic E-state index is 6.29. The van der Waals surface area contributed by atoms with Crippen molar-refractivity contribution in [1.82, 2.24) is 14.9 Å². The van der Waals surface area contributed by atoms with E-state index in [0.29, 0.717) is 18.1 Å². The molecular weight excluding hydrogens is 306 g/mol. The zero-order chi connectivity index (χ0) is 16.7. The normalized spacial score (nSPS) is 22.7. The quantitative estimate of drug-likeness (QED) is 0.529. The first-order chi connectivity index (χ1) is 11.1. The molecule has 1 aromatic heterocycles. The molecule has 0 aromatic carbocycles. The Balaban J connectivity index is 1.95. The molecule has 2 atom stereocenters. The minimum atomic E-state index is 0.335. The maximum atomic E-state index is 6.29. The molecule has 2 rings (SSSR count). The molecule has 1 aliphatic heterocycles. The number of nitrogens with zero attached hydrogens (tertiary/aromatic N) is 3. The molecule has 0 bridgehead atoms. The fourth-order valence-corrected chi connectivity index (χ4v) is 3.44. The molecule has 1 saturated heterocycles. The van der Waals surface area contributed by atoms with E-state index in [9.17, 15) is 0 Å². The van der Waals surface area contributed by atoms with E-state index < -0.39 is 0 Å². The van der Waals surface area contributed by atoms with Gasteiger partial charge in [-0.15, -0.1) is 0 Å². The van der Waals surface area contributed by atoms with Crippen molar-refractivity contribution < 1.29 is 4.74 Å². The Morgan fingerprint density at radius 3 is 2.61 bits per heavy atom. The number of aromatic nitrogens is 2. The average Bonchev–Trinajstić information content (AvgIpc) is 2.55. The topological polar surface area (TPSA) is 38.2 Å². The second-order valence-corrected chi connectivity index (χ2v) is 7.91. The van der Waals surface area contributed by atoms with Crippen LogP contribution in [-0.4, -0.2) is 45.9 Å². The van der Waals surface area contributed by atoms with Crippen LogP contribution in [0.2, 0.25) is 0 Å². The summed E-state index contributed by atoms with van der Waals surface area (Å²) in [7, 11) is 0. The lowest BCUT2D eigenvalue weighted by atomic mass is 10.0. The number of morpholine rings is 1. The molecule has 0 spiro atoms. The average molecular weight is 338 g/mol. The Morgan fingerprint density at radius 1 is 1.26 bits per heavy atom. The first-order valence-corrected chi connectivity index (χ1v) is 9.92. The van der Waals surface area contributed by atoms with Gasteiger partial charge in [-0.2, -0.15) is 0 Å². The molecule has 0 saturated carbocycles. The van der Waals surface area contributed by atoms with Crippen molar-refractivity contribution in [2.75, 3.05) is 18.8 Å². The first kappa shape index (κ1) is 18.7. The van der Waals surface area contributed by atoms with E-state index in [4.69, 9.17) is 4.74 Å². The Morgan fingerprint density at radius 2 is 2.00 bits per heavy atom. The third-order valence-corrected chi connectivity index (χ3v) is 5.01. The molecule has 23 heavy (non-hydrogen) atoms. The zero-order valence-electron chi connectivity index (χ0n) is 15.0. The molecule has 4 nitrogen and oxygen atoms in total. The summed E-state index contributed by atoms with van der Waals surface area (Å²) in [5.41, 5.74) is 1.20. The van der Waals surface area contributed by atoms with Crippen molar-refractivity contribution in [2.45, 2.75) is 70.9 Å². The smallest absolute Gasteiger partial charge is 0.187 e. The van der Waals surface area contributed by atoms with Crippen LogP contribution in [0.25, 0.3) is 0 Å². The molecule has 2 heterocycles. The fraction of sp³-hybridized carbons (Fsp3) is 0.778. The number of hydrogen-bond acceptors (Lipinski definition) is 5. The first-order valence-electron chi connectivity index (χ1n) is 8.93. The second kappa shape index (κ2) is 9.60. The Bertz CT molecular complexity index is 452. The molecule has 0 aliphatic carbocycles. The standard InChI is InChI=1S/C18H31N3OS/c1-5-7-8-16-12-21(13-17(22-16)14(3)4)11-15-9-19-18(20-10-15)23-6-2/h9-10,14,16-17H,5-8,11-13H2,1-4H3/t16-,17-/m1/s1. The van der Waals surface area contributed by atoms with Crippen LogP contribution in [0, 0.1) is 5.92 Å². The van der Waals surface area contributed by atoms with Crippen LogP contribution in [0.15, 0.2) is 17.6 Å².